The first-order valence-corrected chi connectivity index (χ1v) is 27.2. The van der Waals surface area contributed by atoms with Crippen LogP contribution in [0.4, 0.5) is 0 Å². The zero-order chi connectivity index (χ0) is 46.4. The van der Waals surface area contributed by atoms with Crippen LogP contribution in [-0.2, 0) is 32.1 Å². The van der Waals surface area contributed by atoms with Crippen LogP contribution in [0.2, 0.25) is 0 Å². The Hall–Kier alpha value is -2.44. The Bertz CT molecular complexity index is 1250. The van der Waals surface area contributed by atoms with Gasteiger partial charge >= 0.3 is 0 Å². The molecular weight excluding hydrogens is 817 g/mol. The van der Waals surface area contributed by atoms with E-state index in [-0.39, 0.29) is 0 Å². The number of aromatic nitrogens is 3. The average molecular weight is 917 g/mol. The molecule has 1 aromatic carbocycles. The Kier molecular flexibility index (Phi) is 40.9. The van der Waals surface area contributed by atoms with E-state index in [9.17, 15) is 0 Å². The van der Waals surface area contributed by atoms with Gasteiger partial charge in [-0.15, -0.1) is 5.10 Å². The summed E-state index contributed by atoms with van der Waals surface area (Å²) in [4.78, 5) is 0. The summed E-state index contributed by atoms with van der Waals surface area (Å²) in [5.41, 5.74) is 7.25. The predicted molar refractivity (Wildman–Crippen MR) is 269 cm³/mol. The normalized spacial score (nSPS) is 11.5. The Balaban J connectivity index is 2.02. The summed E-state index contributed by atoms with van der Waals surface area (Å²) in [6.45, 7) is 13.9. The summed E-state index contributed by atoms with van der Waals surface area (Å²) < 4.78 is 44.0. The number of benzene rings is 1. The summed E-state index contributed by atoms with van der Waals surface area (Å²) in [5.74, 6) is 2.30. The van der Waals surface area contributed by atoms with Gasteiger partial charge in [0.2, 0.25) is 5.75 Å². The second-order valence-corrected chi connectivity index (χ2v) is 18.1. The van der Waals surface area contributed by atoms with Gasteiger partial charge < -0.3 is 38.9 Å². The predicted octanol–water partition coefficient (Wildman–Crippen LogP) is 13.8. The van der Waals surface area contributed by atoms with Crippen LogP contribution in [0.3, 0.4) is 0 Å². The number of ether oxygens (including phenoxy) is 7. The first kappa shape index (κ1) is 58.7. The highest BCUT2D eigenvalue weighted by atomic mass is 16.6. The lowest BCUT2D eigenvalue weighted by molar-refractivity contribution is -0.00370. The Morgan fingerprint density at radius 3 is 1.17 bits per heavy atom. The molecule has 0 unspecified atom stereocenters. The summed E-state index contributed by atoms with van der Waals surface area (Å²) in [6.07, 6.45) is 40.8. The van der Waals surface area contributed by atoms with E-state index in [0.717, 1.165) is 47.8 Å². The van der Waals surface area contributed by atoms with E-state index in [1.165, 1.54) is 173 Å². The maximum atomic E-state index is 6.63. The zero-order valence-corrected chi connectivity index (χ0v) is 42.4. The third kappa shape index (κ3) is 34.5. The lowest BCUT2D eigenvalue weighted by atomic mass is 10.1. The van der Waals surface area contributed by atoms with Gasteiger partial charge in [-0.05, 0) is 37.0 Å². The number of rotatable bonds is 51. The lowest BCUT2D eigenvalue weighted by Gasteiger charge is -2.19. The van der Waals surface area contributed by atoms with E-state index in [0.29, 0.717) is 85.8 Å². The van der Waals surface area contributed by atoms with E-state index in [2.05, 4.69) is 43.2 Å². The molecule has 378 valence electrons. The molecule has 11 nitrogen and oxygen atoms in total. The van der Waals surface area contributed by atoms with Crippen molar-refractivity contribution in [1.29, 1.82) is 0 Å². The number of unbranched alkanes of at least 4 members (excludes halogenated alkanes) is 27. The largest absolute Gasteiger partial charge is 0.490 e. The Labute approximate surface area is 398 Å². The molecule has 0 amide bonds. The minimum Gasteiger partial charge on any atom is -0.490 e. The highest BCUT2D eigenvalue weighted by molar-refractivity contribution is 5.54. The van der Waals surface area contributed by atoms with E-state index in [4.69, 9.17) is 38.9 Å². The molecule has 0 aliphatic carbocycles. The topological polar surface area (TPSA) is 121 Å². The highest BCUT2D eigenvalue weighted by Gasteiger charge is 2.17. The molecule has 0 bridgehead atoms. The zero-order valence-electron chi connectivity index (χ0n) is 42.4. The molecule has 1 heterocycles. The minimum absolute atomic E-state index is 0.366. The van der Waals surface area contributed by atoms with Crippen LogP contribution in [0.15, 0.2) is 18.3 Å². The molecule has 11 heteroatoms. The first-order valence-electron chi connectivity index (χ1n) is 27.2. The van der Waals surface area contributed by atoms with Crippen LogP contribution in [0.1, 0.15) is 225 Å². The summed E-state index contributed by atoms with van der Waals surface area (Å²) in [7, 11) is 0. The van der Waals surface area contributed by atoms with Crippen molar-refractivity contribution in [3.63, 3.8) is 0 Å². The Morgan fingerprint density at radius 1 is 0.415 bits per heavy atom. The van der Waals surface area contributed by atoms with Gasteiger partial charge in [-0.3, -0.25) is 0 Å². The summed E-state index contributed by atoms with van der Waals surface area (Å²) in [5, 5.41) is 8.85. The molecule has 0 fully saturated rings. The van der Waals surface area contributed by atoms with Crippen molar-refractivity contribution in [3.05, 3.63) is 29.6 Å². The minimum atomic E-state index is 0.366. The molecule has 0 saturated heterocycles. The standard InChI is InChI=1S/C54H100N4O7/c1-4-7-10-13-16-19-22-25-28-31-35-63-52-45-50(47-58-48-51(56-57-58)49-62-44-43-61-42-41-60-40-39-59-38-34-55)46-53(64-36-32-29-26-23-20-17-14-11-8-5-2)54(52)65-37-33-30-27-24-21-18-15-12-9-6-3/h45-46,48H,4-44,47,49,55H2,1-3H3. The van der Waals surface area contributed by atoms with E-state index in [1.807, 2.05) is 10.9 Å². The maximum absolute atomic E-state index is 6.63. The van der Waals surface area contributed by atoms with Crippen molar-refractivity contribution >= 4 is 0 Å². The molecule has 1 aromatic heterocycles. The molecule has 2 rings (SSSR count). The molecule has 2 aromatic rings. The summed E-state index contributed by atoms with van der Waals surface area (Å²) >= 11 is 0. The fourth-order valence-electron chi connectivity index (χ4n) is 7.97. The van der Waals surface area contributed by atoms with Gasteiger partial charge in [-0.2, -0.15) is 0 Å². The van der Waals surface area contributed by atoms with Crippen molar-refractivity contribution in [2.24, 2.45) is 5.73 Å². The first-order chi connectivity index (χ1) is 32.2. The molecule has 65 heavy (non-hydrogen) atoms. The molecule has 0 atom stereocenters. The SMILES string of the molecule is CCCCCCCCCCCCOc1cc(Cn2cc(COCCOCCOCCOCCN)nn2)cc(OCCCCCCCCCCCC)c1OCCCCCCCCCCCC. The molecule has 0 aliphatic rings. The van der Waals surface area contributed by atoms with Crippen LogP contribution in [0, 0.1) is 0 Å². The number of nitrogens with two attached hydrogens (primary N) is 1. The van der Waals surface area contributed by atoms with Gasteiger partial charge in [0.05, 0.1) is 85.4 Å². The smallest absolute Gasteiger partial charge is 0.203 e. The van der Waals surface area contributed by atoms with Crippen LogP contribution in [0.5, 0.6) is 17.2 Å². The van der Waals surface area contributed by atoms with Crippen LogP contribution >= 0.6 is 0 Å². The van der Waals surface area contributed by atoms with Gasteiger partial charge in [-0.1, -0.05) is 199 Å². The molecule has 0 saturated carbocycles. The lowest BCUT2D eigenvalue weighted by Crippen LogP contribution is -2.14. The van der Waals surface area contributed by atoms with Gasteiger partial charge in [0, 0.05) is 6.54 Å². The molecule has 2 N–H and O–H groups in total. The van der Waals surface area contributed by atoms with Crippen LogP contribution in [-0.4, -0.2) is 87.6 Å². The summed E-state index contributed by atoms with van der Waals surface area (Å²) in [6, 6.07) is 4.26. The number of hydrogen-bond acceptors (Lipinski definition) is 10. The quantitative estimate of drug-likeness (QED) is 0.0642. The van der Waals surface area contributed by atoms with Crippen molar-refractivity contribution in [2.75, 3.05) is 72.6 Å². The molecule has 0 aliphatic heterocycles. The number of nitrogens with zero attached hydrogens (tertiary/aromatic N) is 3. The van der Waals surface area contributed by atoms with E-state index >= 15 is 0 Å². The average Bonchev–Trinajstić information content (AvgIpc) is 3.76. The van der Waals surface area contributed by atoms with Crippen molar-refractivity contribution in [3.8, 4) is 17.2 Å². The third-order valence-corrected chi connectivity index (χ3v) is 11.9. The van der Waals surface area contributed by atoms with Gasteiger partial charge in [0.15, 0.2) is 11.5 Å². The molecule has 0 spiro atoms. The molecule has 0 radical (unpaired) electrons. The second-order valence-electron chi connectivity index (χ2n) is 18.1. The second kappa shape index (κ2) is 45.3. The third-order valence-electron chi connectivity index (χ3n) is 11.9. The fourth-order valence-corrected chi connectivity index (χ4v) is 7.97. The fraction of sp³-hybridized carbons (Fsp3) is 0.852. The van der Waals surface area contributed by atoms with Crippen LogP contribution < -0.4 is 19.9 Å². The monoisotopic (exact) mass is 917 g/mol. The van der Waals surface area contributed by atoms with Crippen molar-refractivity contribution in [2.45, 2.75) is 227 Å². The molecular formula is C54H100N4O7. The Morgan fingerprint density at radius 2 is 0.769 bits per heavy atom. The van der Waals surface area contributed by atoms with Crippen molar-refractivity contribution in [1.82, 2.24) is 15.0 Å². The van der Waals surface area contributed by atoms with Crippen LogP contribution in [0.25, 0.3) is 0 Å². The van der Waals surface area contributed by atoms with Gasteiger partial charge in [0.25, 0.3) is 0 Å². The number of hydrogen-bond donors (Lipinski definition) is 1. The highest BCUT2D eigenvalue weighted by Crippen LogP contribution is 2.40. The maximum Gasteiger partial charge on any atom is 0.203 e. The van der Waals surface area contributed by atoms with Gasteiger partial charge in [-0.25, -0.2) is 4.68 Å². The van der Waals surface area contributed by atoms with Gasteiger partial charge in [0.1, 0.15) is 5.69 Å². The van der Waals surface area contributed by atoms with E-state index < -0.39 is 0 Å². The van der Waals surface area contributed by atoms with Crippen molar-refractivity contribution < 1.29 is 33.2 Å². The van der Waals surface area contributed by atoms with E-state index in [1.54, 1.807) is 0 Å².